The van der Waals surface area contributed by atoms with Crippen LogP contribution in [0.1, 0.15) is 18.4 Å². The molecular formula is C22H21Cl2N5O5S. The van der Waals surface area contributed by atoms with E-state index in [1.165, 1.54) is 16.4 Å². The van der Waals surface area contributed by atoms with E-state index in [0.29, 0.717) is 35.2 Å². The van der Waals surface area contributed by atoms with Crippen LogP contribution in [0.5, 0.6) is 0 Å². The SMILES string of the molecule is O=C(Nc1ccn(Cc2ccc(Cl)c(Cl)c2)n1)C1CCN(S(=O)(=O)c2ccc([N+](=O)[O-])cc2)CC1. The molecule has 1 saturated heterocycles. The van der Waals surface area contributed by atoms with E-state index in [1.807, 2.05) is 6.07 Å². The lowest BCUT2D eigenvalue weighted by Gasteiger charge is -2.30. The first-order valence-electron chi connectivity index (χ1n) is 10.7. The van der Waals surface area contributed by atoms with Crippen molar-refractivity contribution in [2.75, 3.05) is 18.4 Å². The molecule has 1 aliphatic rings. The summed E-state index contributed by atoms with van der Waals surface area (Å²) in [5, 5.41) is 18.9. The second-order valence-electron chi connectivity index (χ2n) is 8.07. The highest BCUT2D eigenvalue weighted by Crippen LogP contribution is 2.26. The number of halogens is 2. The summed E-state index contributed by atoms with van der Waals surface area (Å²) < 4.78 is 28.7. The lowest BCUT2D eigenvalue weighted by Crippen LogP contribution is -2.41. The maximum Gasteiger partial charge on any atom is 0.269 e. The van der Waals surface area contributed by atoms with E-state index in [-0.39, 0.29) is 35.5 Å². The van der Waals surface area contributed by atoms with Crippen molar-refractivity contribution < 1.29 is 18.1 Å². The van der Waals surface area contributed by atoms with E-state index in [2.05, 4.69) is 10.4 Å². The van der Waals surface area contributed by atoms with Crippen molar-refractivity contribution in [3.05, 3.63) is 80.5 Å². The van der Waals surface area contributed by atoms with Crippen molar-refractivity contribution in [3.8, 4) is 0 Å². The molecule has 0 unspecified atom stereocenters. The van der Waals surface area contributed by atoms with Gasteiger partial charge in [0.15, 0.2) is 5.82 Å². The van der Waals surface area contributed by atoms with Crippen molar-refractivity contribution in [1.29, 1.82) is 0 Å². The maximum absolute atomic E-state index is 12.9. The molecule has 0 saturated carbocycles. The number of nitrogens with one attached hydrogen (secondary N) is 1. The Morgan fingerprint density at radius 2 is 1.77 bits per heavy atom. The second-order valence-corrected chi connectivity index (χ2v) is 10.8. The molecule has 13 heteroatoms. The van der Waals surface area contributed by atoms with E-state index >= 15 is 0 Å². The van der Waals surface area contributed by atoms with Gasteiger partial charge in [-0.15, -0.1) is 0 Å². The van der Waals surface area contributed by atoms with Gasteiger partial charge in [-0.05, 0) is 42.7 Å². The number of amides is 1. The molecule has 0 atom stereocenters. The number of nitrogens with zero attached hydrogens (tertiary/aromatic N) is 4. The molecule has 1 aromatic heterocycles. The molecule has 2 heterocycles. The predicted molar refractivity (Wildman–Crippen MR) is 131 cm³/mol. The Morgan fingerprint density at radius 1 is 1.09 bits per heavy atom. The van der Waals surface area contributed by atoms with Gasteiger partial charge in [0, 0.05) is 43.4 Å². The second kappa shape index (κ2) is 10.3. The third-order valence-corrected chi connectivity index (χ3v) is 8.38. The summed E-state index contributed by atoms with van der Waals surface area (Å²) in [4.78, 5) is 22.9. The molecule has 1 aliphatic heterocycles. The van der Waals surface area contributed by atoms with Crippen molar-refractivity contribution >= 4 is 50.6 Å². The first kappa shape index (κ1) is 25.1. The Hall–Kier alpha value is -2.99. The van der Waals surface area contributed by atoms with Crippen LogP contribution in [0.4, 0.5) is 11.5 Å². The molecule has 1 N–H and O–H groups in total. The molecule has 3 aromatic rings. The summed E-state index contributed by atoms with van der Waals surface area (Å²) in [5.74, 6) is -0.188. The van der Waals surface area contributed by atoms with Gasteiger partial charge in [0.1, 0.15) is 0 Å². The highest BCUT2D eigenvalue weighted by atomic mass is 35.5. The van der Waals surface area contributed by atoms with Gasteiger partial charge >= 0.3 is 0 Å². The predicted octanol–water partition coefficient (Wildman–Crippen LogP) is 4.19. The minimum Gasteiger partial charge on any atom is -0.309 e. The van der Waals surface area contributed by atoms with Crippen LogP contribution in [0.15, 0.2) is 59.6 Å². The number of benzene rings is 2. The minimum atomic E-state index is -3.80. The average molecular weight is 538 g/mol. The lowest BCUT2D eigenvalue weighted by molar-refractivity contribution is -0.384. The number of non-ortho nitro benzene ring substituents is 1. The molecular weight excluding hydrogens is 517 g/mol. The third-order valence-electron chi connectivity index (χ3n) is 5.73. The number of hydrogen-bond donors (Lipinski definition) is 1. The van der Waals surface area contributed by atoms with Crippen molar-refractivity contribution in [2.24, 2.45) is 5.92 Å². The van der Waals surface area contributed by atoms with Crippen LogP contribution < -0.4 is 5.32 Å². The molecule has 0 bridgehead atoms. The van der Waals surface area contributed by atoms with E-state index in [4.69, 9.17) is 23.2 Å². The standard InChI is InChI=1S/C22H21Cl2N5O5S/c23-19-6-1-15(13-20(19)24)14-27-10-9-21(26-27)25-22(30)16-7-11-28(12-8-16)35(33,34)18-4-2-17(3-5-18)29(31)32/h1-6,9-10,13,16H,7-8,11-12,14H2,(H,25,26,30). The van der Waals surface area contributed by atoms with Gasteiger partial charge in [-0.25, -0.2) is 8.42 Å². The van der Waals surface area contributed by atoms with Gasteiger partial charge in [0.25, 0.3) is 5.69 Å². The number of hydrogen-bond acceptors (Lipinski definition) is 6. The maximum atomic E-state index is 12.9. The summed E-state index contributed by atoms with van der Waals surface area (Å²) in [6.07, 6.45) is 2.43. The topological polar surface area (TPSA) is 127 Å². The molecule has 0 radical (unpaired) electrons. The van der Waals surface area contributed by atoms with Crippen LogP contribution in [0.3, 0.4) is 0 Å². The number of piperidine rings is 1. The van der Waals surface area contributed by atoms with Gasteiger partial charge in [-0.3, -0.25) is 19.6 Å². The van der Waals surface area contributed by atoms with Crippen molar-refractivity contribution in [1.82, 2.24) is 14.1 Å². The molecule has 2 aromatic carbocycles. The Balaban J connectivity index is 1.32. The number of anilines is 1. The number of nitro benzene ring substituents is 1. The van der Waals surface area contributed by atoms with Crippen molar-refractivity contribution in [3.63, 3.8) is 0 Å². The van der Waals surface area contributed by atoms with Crippen LogP contribution in [0.2, 0.25) is 10.0 Å². The number of carbonyl (C=O) groups is 1. The fourth-order valence-electron chi connectivity index (χ4n) is 3.82. The normalized spacial score (nSPS) is 15.1. The van der Waals surface area contributed by atoms with E-state index in [9.17, 15) is 23.3 Å². The van der Waals surface area contributed by atoms with Gasteiger partial charge in [-0.2, -0.15) is 9.40 Å². The molecule has 184 valence electrons. The summed E-state index contributed by atoms with van der Waals surface area (Å²) in [7, 11) is -3.80. The third kappa shape index (κ3) is 5.81. The zero-order valence-corrected chi connectivity index (χ0v) is 20.6. The van der Waals surface area contributed by atoms with Crippen LogP contribution in [-0.4, -0.2) is 46.4 Å². The summed E-state index contributed by atoms with van der Waals surface area (Å²) >= 11 is 12.0. The number of carbonyl (C=O) groups excluding carboxylic acids is 1. The zero-order chi connectivity index (χ0) is 25.2. The minimum absolute atomic E-state index is 0.0153. The first-order valence-corrected chi connectivity index (χ1v) is 12.9. The molecule has 0 aliphatic carbocycles. The van der Waals surface area contributed by atoms with Gasteiger partial charge in [-0.1, -0.05) is 29.3 Å². The number of rotatable bonds is 7. The fourth-order valence-corrected chi connectivity index (χ4v) is 5.61. The fraction of sp³-hybridized carbons (Fsp3) is 0.273. The highest BCUT2D eigenvalue weighted by Gasteiger charge is 2.32. The van der Waals surface area contributed by atoms with Crippen LogP contribution in [0, 0.1) is 16.0 Å². The van der Waals surface area contributed by atoms with Crippen LogP contribution in [0.25, 0.3) is 0 Å². The molecule has 35 heavy (non-hydrogen) atoms. The van der Waals surface area contributed by atoms with Crippen LogP contribution in [-0.2, 0) is 21.4 Å². The Morgan fingerprint density at radius 3 is 2.40 bits per heavy atom. The average Bonchev–Trinajstić information content (AvgIpc) is 3.28. The molecule has 1 fully saturated rings. The first-order chi connectivity index (χ1) is 16.6. The van der Waals surface area contributed by atoms with Crippen LogP contribution >= 0.6 is 23.2 Å². The zero-order valence-electron chi connectivity index (χ0n) is 18.3. The van der Waals surface area contributed by atoms with Gasteiger partial charge < -0.3 is 5.32 Å². The molecule has 4 rings (SSSR count). The van der Waals surface area contributed by atoms with Gasteiger partial charge in [0.05, 0.1) is 26.4 Å². The van der Waals surface area contributed by atoms with Crippen molar-refractivity contribution in [2.45, 2.75) is 24.3 Å². The Kier molecular flexibility index (Phi) is 7.41. The molecule has 1 amide bonds. The Labute approximate surface area is 211 Å². The summed E-state index contributed by atoms with van der Waals surface area (Å²) in [6, 6.07) is 11.8. The van der Waals surface area contributed by atoms with E-state index in [1.54, 1.807) is 29.1 Å². The Bertz CT molecular complexity index is 1350. The smallest absolute Gasteiger partial charge is 0.269 e. The summed E-state index contributed by atoms with van der Waals surface area (Å²) in [6.45, 7) is 0.790. The monoisotopic (exact) mass is 537 g/mol. The quantitative estimate of drug-likeness (QED) is 0.355. The number of aromatic nitrogens is 2. The number of nitro groups is 1. The molecule has 10 nitrogen and oxygen atoms in total. The van der Waals surface area contributed by atoms with E-state index in [0.717, 1.165) is 17.7 Å². The highest BCUT2D eigenvalue weighted by molar-refractivity contribution is 7.89. The summed E-state index contributed by atoms with van der Waals surface area (Å²) in [5.41, 5.74) is 0.723. The largest absolute Gasteiger partial charge is 0.309 e. The van der Waals surface area contributed by atoms with Gasteiger partial charge in [0.2, 0.25) is 15.9 Å². The lowest BCUT2D eigenvalue weighted by atomic mass is 9.97. The number of sulfonamides is 1. The molecule has 0 spiro atoms. The van der Waals surface area contributed by atoms with E-state index < -0.39 is 14.9 Å².